The highest BCUT2D eigenvalue weighted by Gasteiger charge is 2.26. The monoisotopic (exact) mass is 930 g/mol. The van der Waals surface area contributed by atoms with E-state index in [4.69, 9.17) is 0 Å². The van der Waals surface area contributed by atoms with Gasteiger partial charge in [0.05, 0.1) is 18.8 Å². The molecule has 5 nitrogen and oxygen atoms in total. The standard InChI is InChI=1S/C61H119NO4/c1-3-5-7-9-11-13-15-17-19-21-23-25-27-29-30-31-32-34-36-38-40-42-44-46-48-50-52-54-56-60(65)62-58(57-63)61(66)59(64)55-53-51-49-47-45-43-41-39-37-35-33-28-26-24-22-20-18-16-14-12-10-8-6-4-2/h29-30,47,49,58-59,61,63-64,66H,3-28,31-46,48,50-57H2,1-2H3,(H,62,65)/b30-29-,49-47+. The quantitative estimate of drug-likeness (QED) is 0.0361. The number of carbonyl (C=O) groups excluding carboxylic acids is 1. The Hall–Kier alpha value is -1.17. The molecule has 0 aromatic heterocycles. The summed E-state index contributed by atoms with van der Waals surface area (Å²) in [6, 6.07) is -0.826. The first kappa shape index (κ1) is 64.8. The second kappa shape index (κ2) is 56.4. The van der Waals surface area contributed by atoms with E-state index in [1.165, 1.54) is 270 Å². The van der Waals surface area contributed by atoms with Gasteiger partial charge in [-0.1, -0.05) is 289 Å². The van der Waals surface area contributed by atoms with Crippen molar-refractivity contribution in [2.45, 2.75) is 353 Å². The molecule has 0 rings (SSSR count). The number of aliphatic hydroxyl groups excluding tert-OH is 3. The van der Waals surface area contributed by atoms with Gasteiger partial charge >= 0.3 is 0 Å². The van der Waals surface area contributed by atoms with Gasteiger partial charge in [-0.2, -0.15) is 0 Å². The fraction of sp³-hybridized carbons (Fsp3) is 0.918. The van der Waals surface area contributed by atoms with Crippen molar-refractivity contribution in [1.82, 2.24) is 5.32 Å². The summed E-state index contributed by atoms with van der Waals surface area (Å²) in [4.78, 5) is 12.5. The summed E-state index contributed by atoms with van der Waals surface area (Å²) >= 11 is 0. The number of hydrogen-bond acceptors (Lipinski definition) is 4. The molecule has 0 aliphatic carbocycles. The fourth-order valence-electron chi connectivity index (χ4n) is 9.63. The molecule has 0 radical (unpaired) electrons. The Morgan fingerprint density at radius 1 is 0.364 bits per heavy atom. The van der Waals surface area contributed by atoms with Crippen molar-refractivity contribution < 1.29 is 20.1 Å². The number of amides is 1. The van der Waals surface area contributed by atoms with E-state index in [0.717, 1.165) is 38.5 Å². The second-order valence-corrected chi connectivity index (χ2v) is 20.9. The average molecular weight is 931 g/mol. The molecule has 1 amide bonds. The smallest absolute Gasteiger partial charge is 0.220 e. The Morgan fingerprint density at radius 3 is 0.879 bits per heavy atom. The highest BCUT2D eigenvalue weighted by molar-refractivity contribution is 5.76. The average Bonchev–Trinajstić information content (AvgIpc) is 3.32. The van der Waals surface area contributed by atoms with Gasteiger partial charge in [-0.15, -0.1) is 0 Å². The summed E-state index contributed by atoms with van der Waals surface area (Å²) in [5.74, 6) is -0.149. The van der Waals surface area contributed by atoms with E-state index >= 15 is 0 Å². The van der Waals surface area contributed by atoms with E-state index in [2.05, 4.69) is 43.5 Å². The number of rotatable bonds is 56. The zero-order valence-corrected chi connectivity index (χ0v) is 44.9. The Labute approximate surface area is 413 Å². The van der Waals surface area contributed by atoms with Gasteiger partial charge in [-0.3, -0.25) is 4.79 Å². The van der Waals surface area contributed by atoms with E-state index in [-0.39, 0.29) is 12.5 Å². The molecule has 0 spiro atoms. The van der Waals surface area contributed by atoms with Crippen LogP contribution in [0.1, 0.15) is 335 Å². The lowest BCUT2D eigenvalue weighted by Crippen LogP contribution is -2.50. The van der Waals surface area contributed by atoms with Gasteiger partial charge in [0.25, 0.3) is 0 Å². The summed E-state index contributed by atoms with van der Waals surface area (Å²) < 4.78 is 0. The minimum Gasteiger partial charge on any atom is -0.394 e. The Morgan fingerprint density at radius 2 is 0.606 bits per heavy atom. The molecule has 66 heavy (non-hydrogen) atoms. The van der Waals surface area contributed by atoms with Crippen LogP contribution in [0.4, 0.5) is 0 Å². The molecule has 0 heterocycles. The molecule has 5 heteroatoms. The van der Waals surface area contributed by atoms with Crippen molar-refractivity contribution in [3.63, 3.8) is 0 Å². The summed E-state index contributed by atoms with van der Waals surface area (Å²) in [5.41, 5.74) is 0. The van der Waals surface area contributed by atoms with Crippen LogP contribution >= 0.6 is 0 Å². The Balaban J connectivity index is 3.53. The summed E-state index contributed by atoms with van der Waals surface area (Å²) in [6.07, 6.45) is 72.1. The van der Waals surface area contributed by atoms with Gasteiger partial charge in [0.1, 0.15) is 6.10 Å². The Kier molecular flexibility index (Phi) is 55.4. The number of unbranched alkanes of at least 4 members (excludes halogenated alkanes) is 44. The van der Waals surface area contributed by atoms with Crippen LogP contribution in [0.3, 0.4) is 0 Å². The molecule has 3 unspecified atom stereocenters. The third-order valence-electron chi connectivity index (χ3n) is 14.3. The summed E-state index contributed by atoms with van der Waals surface area (Å²) in [6.45, 7) is 4.21. The van der Waals surface area contributed by atoms with Crippen LogP contribution in [0.5, 0.6) is 0 Å². The van der Waals surface area contributed by atoms with Gasteiger partial charge < -0.3 is 20.6 Å². The van der Waals surface area contributed by atoms with Crippen molar-refractivity contribution in [3.8, 4) is 0 Å². The van der Waals surface area contributed by atoms with E-state index in [0.29, 0.717) is 12.8 Å². The molecule has 0 aliphatic heterocycles. The predicted octanol–water partition coefficient (Wildman–Crippen LogP) is 18.8. The van der Waals surface area contributed by atoms with Crippen LogP contribution in [-0.2, 0) is 4.79 Å². The minimum absolute atomic E-state index is 0.149. The summed E-state index contributed by atoms with van der Waals surface area (Å²) in [5, 5.41) is 33.8. The molecule has 392 valence electrons. The number of nitrogens with one attached hydrogen (secondary N) is 1. The largest absolute Gasteiger partial charge is 0.394 e. The second-order valence-electron chi connectivity index (χ2n) is 20.9. The molecule has 0 bridgehead atoms. The number of allylic oxidation sites excluding steroid dienone is 4. The highest BCUT2D eigenvalue weighted by atomic mass is 16.3. The van der Waals surface area contributed by atoms with Crippen molar-refractivity contribution in [1.29, 1.82) is 0 Å². The first-order valence-corrected chi connectivity index (χ1v) is 30.1. The molecular formula is C61H119NO4. The third-order valence-corrected chi connectivity index (χ3v) is 14.3. The molecular weight excluding hydrogens is 811 g/mol. The van der Waals surface area contributed by atoms with Crippen molar-refractivity contribution in [2.75, 3.05) is 6.61 Å². The van der Waals surface area contributed by atoms with Gasteiger partial charge in [0.15, 0.2) is 0 Å². The maximum atomic E-state index is 12.5. The van der Waals surface area contributed by atoms with Gasteiger partial charge in [-0.05, 0) is 64.2 Å². The van der Waals surface area contributed by atoms with Crippen LogP contribution in [-0.4, -0.2) is 46.1 Å². The van der Waals surface area contributed by atoms with Gasteiger partial charge in [-0.25, -0.2) is 0 Å². The number of carbonyl (C=O) groups is 1. The number of aliphatic hydroxyl groups is 3. The number of hydrogen-bond donors (Lipinski definition) is 4. The zero-order chi connectivity index (χ0) is 47.9. The minimum atomic E-state index is -1.16. The first-order valence-electron chi connectivity index (χ1n) is 30.1. The molecule has 0 fully saturated rings. The van der Waals surface area contributed by atoms with Crippen molar-refractivity contribution in [2.24, 2.45) is 0 Å². The van der Waals surface area contributed by atoms with Crippen LogP contribution in [0.25, 0.3) is 0 Å². The maximum Gasteiger partial charge on any atom is 0.220 e. The predicted molar refractivity (Wildman–Crippen MR) is 292 cm³/mol. The molecule has 0 aromatic carbocycles. The molecule has 0 aliphatic rings. The molecule has 4 N–H and O–H groups in total. The van der Waals surface area contributed by atoms with Crippen LogP contribution in [0, 0.1) is 0 Å². The molecule has 0 aromatic rings. The third kappa shape index (κ3) is 50.7. The van der Waals surface area contributed by atoms with Crippen molar-refractivity contribution in [3.05, 3.63) is 24.3 Å². The lowest BCUT2D eigenvalue weighted by molar-refractivity contribution is -0.124. The van der Waals surface area contributed by atoms with Crippen LogP contribution in [0.15, 0.2) is 24.3 Å². The Bertz CT molecular complexity index is 982. The van der Waals surface area contributed by atoms with E-state index < -0.39 is 18.2 Å². The van der Waals surface area contributed by atoms with Gasteiger partial charge in [0, 0.05) is 6.42 Å². The van der Waals surface area contributed by atoms with E-state index in [9.17, 15) is 20.1 Å². The topological polar surface area (TPSA) is 89.8 Å². The van der Waals surface area contributed by atoms with Crippen LogP contribution in [0.2, 0.25) is 0 Å². The van der Waals surface area contributed by atoms with E-state index in [1.54, 1.807) is 0 Å². The maximum absolute atomic E-state index is 12.5. The first-order chi connectivity index (χ1) is 32.6. The van der Waals surface area contributed by atoms with E-state index in [1.807, 2.05) is 0 Å². The van der Waals surface area contributed by atoms with Crippen LogP contribution < -0.4 is 5.32 Å². The fourth-order valence-corrected chi connectivity index (χ4v) is 9.63. The normalized spacial score (nSPS) is 13.3. The lowest BCUT2D eigenvalue weighted by atomic mass is 10.0. The lowest BCUT2D eigenvalue weighted by Gasteiger charge is -2.26. The van der Waals surface area contributed by atoms with Gasteiger partial charge in [0.2, 0.25) is 5.91 Å². The molecule has 3 atom stereocenters. The van der Waals surface area contributed by atoms with Crippen molar-refractivity contribution >= 4 is 5.91 Å². The molecule has 0 saturated heterocycles. The highest BCUT2D eigenvalue weighted by Crippen LogP contribution is 2.18. The molecule has 0 saturated carbocycles. The zero-order valence-electron chi connectivity index (χ0n) is 44.9. The summed E-state index contributed by atoms with van der Waals surface area (Å²) in [7, 11) is 0. The SMILES string of the molecule is CCCCCCCCCCCCCC/C=C\CCCCCCCCCCCCCCC(=O)NC(CO)C(O)C(O)CCC/C=C/CCCCCCCCCCCCCCCCCCCCC.